The normalized spacial score (nSPS) is 13.0. The molecule has 0 saturated carbocycles. The number of rotatable bonds is 7. The summed E-state index contributed by atoms with van der Waals surface area (Å²) < 4.78 is 0. The Morgan fingerprint density at radius 1 is 1.50 bits per heavy atom. The monoisotopic (exact) mass is 229 g/mol. The van der Waals surface area contributed by atoms with Gasteiger partial charge in [0.2, 0.25) is 0 Å². The highest BCUT2D eigenvalue weighted by atomic mass is 32.2. The Morgan fingerprint density at radius 3 is 3.00 bits per heavy atom. The molecular weight excluding hydrogens is 210 g/mol. The van der Waals surface area contributed by atoms with Gasteiger partial charge in [-0.3, -0.25) is 0 Å². The Morgan fingerprint density at radius 2 is 2.36 bits per heavy atom. The van der Waals surface area contributed by atoms with Crippen molar-refractivity contribution in [3.05, 3.63) is 22.4 Å². The maximum atomic E-state index is 3.55. The molecule has 80 valence electrons. The SMILES string of the molecule is CSCCCCN[C@H](C)c1cccs1. The van der Waals surface area contributed by atoms with E-state index in [2.05, 4.69) is 36.0 Å². The van der Waals surface area contributed by atoms with Gasteiger partial charge in [0.15, 0.2) is 0 Å². The van der Waals surface area contributed by atoms with E-state index in [0.29, 0.717) is 6.04 Å². The second-order valence-electron chi connectivity index (χ2n) is 3.39. The molecule has 0 bridgehead atoms. The zero-order valence-electron chi connectivity index (χ0n) is 8.95. The van der Waals surface area contributed by atoms with E-state index < -0.39 is 0 Å². The second-order valence-corrected chi connectivity index (χ2v) is 5.36. The van der Waals surface area contributed by atoms with Crippen molar-refractivity contribution in [2.45, 2.75) is 25.8 Å². The van der Waals surface area contributed by atoms with Crippen molar-refractivity contribution in [2.75, 3.05) is 18.6 Å². The standard InChI is InChI=1S/C11H19NS2/c1-10(11-6-5-9-14-11)12-7-3-4-8-13-2/h5-6,9-10,12H,3-4,7-8H2,1-2H3/t10-/m1/s1. The molecule has 0 aliphatic rings. The van der Waals surface area contributed by atoms with Crippen molar-refractivity contribution in [2.24, 2.45) is 0 Å². The topological polar surface area (TPSA) is 12.0 Å². The lowest BCUT2D eigenvalue weighted by Gasteiger charge is -2.11. The molecule has 0 spiro atoms. The molecule has 1 rings (SSSR count). The molecule has 1 atom stereocenters. The van der Waals surface area contributed by atoms with Gasteiger partial charge in [-0.15, -0.1) is 11.3 Å². The highest BCUT2D eigenvalue weighted by molar-refractivity contribution is 7.98. The van der Waals surface area contributed by atoms with Gasteiger partial charge in [0.05, 0.1) is 0 Å². The highest BCUT2D eigenvalue weighted by Gasteiger charge is 2.03. The summed E-state index contributed by atoms with van der Waals surface area (Å²) in [7, 11) is 0. The molecule has 14 heavy (non-hydrogen) atoms. The van der Waals surface area contributed by atoms with E-state index in [1.165, 1.54) is 23.5 Å². The van der Waals surface area contributed by atoms with E-state index >= 15 is 0 Å². The van der Waals surface area contributed by atoms with Crippen LogP contribution in [0.3, 0.4) is 0 Å². The summed E-state index contributed by atoms with van der Waals surface area (Å²) in [5.74, 6) is 1.29. The molecule has 1 aromatic rings. The van der Waals surface area contributed by atoms with Crippen molar-refractivity contribution < 1.29 is 0 Å². The molecule has 0 saturated heterocycles. The van der Waals surface area contributed by atoms with Gasteiger partial charge in [-0.2, -0.15) is 11.8 Å². The van der Waals surface area contributed by atoms with Gasteiger partial charge in [-0.05, 0) is 49.8 Å². The fourth-order valence-corrected chi connectivity index (χ4v) is 2.58. The fraction of sp³-hybridized carbons (Fsp3) is 0.636. The molecule has 0 aliphatic carbocycles. The minimum Gasteiger partial charge on any atom is -0.309 e. The molecule has 3 heteroatoms. The molecule has 0 aliphatic heterocycles. The molecule has 1 aromatic heterocycles. The minimum atomic E-state index is 0.518. The quantitative estimate of drug-likeness (QED) is 0.718. The predicted molar refractivity (Wildman–Crippen MR) is 68.4 cm³/mol. The van der Waals surface area contributed by atoms with Crippen LogP contribution in [0.4, 0.5) is 0 Å². The first-order chi connectivity index (χ1) is 6.84. The van der Waals surface area contributed by atoms with Crippen LogP contribution in [0.15, 0.2) is 17.5 Å². The number of hydrogen-bond acceptors (Lipinski definition) is 3. The van der Waals surface area contributed by atoms with Crippen molar-refractivity contribution >= 4 is 23.1 Å². The molecule has 0 aromatic carbocycles. The number of thiophene rings is 1. The van der Waals surface area contributed by atoms with Crippen LogP contribution in [0.5, 0.6) is 0 Å². The maximum absolute atomic E-state index is 3.55. The largest absolute Gasteiger partial charge is 0.309 e. The minimum absolute atomic E-state index is 0.518. The van der Waals surface area contributed by atoms with Crippen LogP contribution < -0.4 is 5.32 Å². The van der Waals surface area contributed by atoms with Crippen molar-refractivity contribution in [1.29, 1.82) is 0 Å². The molecule has 1 heterocycles. The summed E-state index contributed by atoms with van der Waals surface area (Å²) in [5, 5.41) is 5.69. The van der Waals surface area contributed by atoms with Crippen LogP contribution >= 0.6 is 23.1 Å². The second kappa shape index (κ2) is 7.32. The van der Waals surface area contributed by atoms with Crippen LogP contribution in [0.2, 0.25) is 0 Å². The molecular formula is C11H19NS2. The van der Waals surface area contributed by atoms with Gasteiger partial charge in [0.25, 0.3) is 0 Å². The van der Waals surface area contributed by atoms with Gasteiger partial charge in [-0.25, -0.2) is 0 Å². The molecule has 0 radical (unpaired) electrons. The smallest absolute Gasteiger partial charge is 0.0386 e. The predicted octanol–water partition coefficient (Wildman–Crippen LogP) is 3.54. The third kappa shape index (κ3) is 4.49. The first kappa shape index (κ1) is 12.1. The Kier molecular flexibility index (Phi) is 6.32. The lowest BCUT2D eigenvalue weighted by Crippen LogP contribution is -2.19. The van der Waals surface area contributed by atoms with Gasteiger partial charge in [-0.1, -0.05) is 6.07 Å². The van der Waals surface area contributed by atoms with E-state index in [9.17, 15) is 0 Å². The zero-order valence-corrected chi connectivity index (χ0v) is 10.6. The number of nitrogens with one attached hydrogen (secondary N) is 1. The molecule has 1 N–H and O–H groups in total. The molecule has 0 unspecified atom stereocenters. The number of hydrogen-bond donors (Lipinski definition) is 1. The Hall–Kier alpha value is 0.01000. The van der Waals surface area contributed by atoms with E-state index in [0.717, 1.165) is 6.54 Å². The average Bonchev–Trinajstić information content (AvgIpc) is 2.70. The van der Waals surface area contributed by atoms with Gasteiger partial charge < -0.3 is 5.32 Å². The summed E-state index contributed by atoms with van der Waals surface area (Å²) in [6.45, 7) is 3.38. The first-order valence-corrected chi connectivity index (χ1v) is 7.37. The average molecular weight is 229 g/mol. The van der Waals surface area contributed by atoms with Crippen LogP contribution in [0, 0.1) is 0 Å². The van der Waals surface area contributed by atoms with Crippen LogP contribution in [-0.2, 0) is 0 Å². The lowest BCUT2D eigenvalue weighted by atomic mass is 10.2. The van der Waals surface area contributed by atoms with Gasteiger partial charge >= 0.3 is 0 Å². The fourth-order valence-electron chi connectivity index (χ4n) is 1.33. The van der Waals surface area contributed by atoms with E-state index in [4.69, 9.17) is 0 Å². The van der Waals surface area contributed by atoms with Crippen molar-refractivity contribution in [3.8, 4) is 0 Å². The van der Waals surface area contributed by atoms with Crippen molar-refractivity contribution in [3.63, 3.8) is 0 Å². The lowest BCUT2D eigenvalue weighted by molar-refractivity contribution is 0.562. The third-order valence-electron chi connectivity index (χ3n) is 2.20. The summed E-state index contributed by atoms with van der Waals surface area (Å²) in [5.41, 5.74) is 0. The number of unbranched alkanes of at least 4 members (excludes halogenated alkanes) is 1. The summed E-state index contributed by atoms with van der Waals surface area (Å²) >= 11 is 3.77. The van der Waals surface area contributed by atoms with E-state index in [1.807, 2.05) is 23.1 Å². The van der Waals surface area contributed by atoms with Crippen LogP contribution in [0.1, 0.15) is 30.7 Å². The van der Waals surface area contributed by atoms with Gasteiger partial charge in [0, 0.05) is 10.9 Å². The summed E-state index contributed by atoms with van der Waals surface area (Å²) in [6.07, 6.45) is 4.78. The van der Waals surface area contributed by atoms with E-state index in [-0.39, 0.29) is 0 Å². The van der Waals surface area contributed by atoms with E-state index in [1.54, 1.807) is 0 Å². The Bertz CT molecular complexity index is 221. The van der Waals surface area contributed by atoms with Crippen LogP contribution in [-0.4, -0.2) is 18.6 Å². The third-order valence-corrected chi connectivity index (χ3v) is 3.95. The Balaban J connectivity index is 2.07. The highest BCUT2D eigenvalue weighted by Crippen LogP contribution is 2.17. The molecule has 0 fully saturated rings. The van der Waals surface area contributed by atoms with Gasteiger partial charge in [0.1, 0.15) is 0 Å². The molecule has 1 nitrogen and oxygen atoms in total. The summed E-state index contributed by atoms with van der Waals surface area (Å²) in [4.78, 5) is 1.44. The van der Waals surface area contributed by atoms with Crippen LogP contribution in [0.25, 0.3) is 0 Å². The van der Waals surface area contributed by atoms with Crippen molar-refractivity contribution in [1.82, 2.24) is 5.32 Å². The number of thioether (sulfide) groups is 1. The first-order valence-electron chi connectivity index (χ1n) is 5.10. The molecule has 0 amide bonds. The Labute approximate surface area is 95.3 Å². The maximum Gasteiger partial charge on any atom is 0.0386 e. The zero-order chi connectivity index (χ0) is 10.2. The summed E-state index contributed by atoms with van der Waals surface area (Å²) in [6, 6.07) is 4.83.